The Bertz CT molecular complexity index is 1100. The number of ether oxygens (including phenoxy) is 2. The average molecular weight is 484 g/mol. The predicted octanol–water partition coefficient (Wildman–Crippen LogP) is 1.51. The van der Waals surface area contributed by atoms with Crippen molar-refractivity contribution < 1.29 is 32.3 Å². The van der Waals surface area contributed by atoms with Crippen molar-refractivity contribution >= 4 is 45.1 Å². The van der Waals surface area contributed by atoms with Crippen LogP contribution in [0.25, 0.3) is 0 Å². The molecule has 0 spiro atoms. The van der Waals surface area contributed by atoms with Crippen LogP contribution in [0.15, 0.2) is 47.4 Å². The van der Waals surface area contributed by atoms with Crippen molar-refractivity contribution in [3.05, 3.63) is 53.1 Å². The van der Waals surface area contributed by atoms with E-state index in [1.54, 1.807) is 12.1 Å². The van der Waals surface area contributed by atoms with Crippen molar-refractivity contribution in [1.29, 1.82) is 0 Å². The normalized spacial score (nSPS) is 11.0. The van der Waals surface area contributed by atoms with E-state index in [4.69, 9.17) is 21.1 Å². The Hall–Kier alpha value is -3.15. The first-order chi connectivity index (χ1) is 15.0. The van der Waals surface area contributed by atoms with Gasteiger partial charge in [-0.1, -0.05) is 11.6 Å². The number of benzene rings is 2. The molecule has 12 heteroatoms. The van der Waals surface area contributed by atoms with E-state index in [0.717, 1.165) is 4.31 Å². The van der Waals surface area contributed by atoms with Crippen LogP contribution in [0, 0.1) is 0 Å². The molecule has 2 N–H and O–H groups in total. The zero-order chi connectivity index (χ0) is 23.9. The van der Waals surface area contributed by atoms with Crippen LogP contribution in [0.3, 0.4) is 0 Å². The number of amides is 2. The van der Waals surface area contributed by atoms with E-state index in [1.165, 1.54) is 51.5 Å². The second-order valence-electron chi connectivity index (χ2n) is 6.55. The van der Waals surface area contributed by atoms with Gasteiger partial charge in [0.05, 0.1) is 12.1 Å². The van der Waals surface area contributed by atoms with Crippen molar-refractivity contribution in [2.24, 2.45) is 0 Å². The summed E-state index contributed by atoms with van der Waals surface area (Å²) in [6.07, 6.45) is 0. The van der Waals surface area contributed by atoms with Gasteiger partial charge in [0.25, 0.3) is 11.8 Å². The summed E-state index contributed by atoms with van der Waals surface area (Å²) in [5.74, 6) is -1.44. The highest BCUT2D eigenvalue weighted by Crippen LogP contribution is 2.26. The smallest absolute Gasteiger partial charge is 0.325 e. The van der Waals surface area contributed by atoms with E-state index in [-0.39, 0.29) is 15.6 Å². The fourth-order valence-electron chi connectivity index (χ4n) is 2.37. The first kappa shape index (κ1) is 25.1. The first-order valence-corrected chi connectivity index (χ1v) is 11.0. The molecule has 0 heterocycles. The Labute approximate surface area is 190 Å². The molecule has 172 valence electrons. The van der Waals surface area contributed by atoms with E-state index in [1.807, 2.05) is 0 Å². The lowest BCUT2D eigenvalue weighted by Crippen LogP contribution is -2.32. The number of hydrogen-bond acceptors (Lipinski definition) is 7. The van der Waals surface area contributed by atoms with Crippen LogP contribution in [-0.4, -0.2) is 64.9 Å². The fraction of sp³-hybridized carbons (Fsp3) is 0.250. The molecule has 0 saturated carbocycles. The van der Waals surface area contributed by atoms with Gasteiger partial charge in [-0.15, -0.1) is 0 Å². The molecule has 0 aliphatic rings. The molecule has 0 atom stereocenters. The summed E-state index contributed by atoms with van der Waals surface area (Å²) >= 11 is 5.96. The number of hydrogen-bond donors (Lipinski definition) is 2. The molecular weight excluding hydrogens is 462 g/mol. The zero-order valence-corrected chi connectivity index (χ0v) is 19.1. The van der Waals surface area contributed by atoms with Gasteiger partial charge in [0, 0.05) is 25.3 Å². The van der Waals surface area contributed by atoms with E-state index >= 15 is 0 Å². The number of nitrogens with one attached hydrogen (secondary N) is 2. The Morgan fingerprint density at radius 1 is 1.06 bits per heavy atom. The third-order valence-electron chi connectivity index (χ3n) is 4.08. The Balaban J connectivity index is 1.86. The minimum Gasteiger partial charge on any atom is -0.497 e. The molecule has 0 bridgehead atoms. The number of nitrogens with zero attached hydrogens (tertiary/aromatic N) is 1. The summed E-state index contributed by atoms with van der Waals surface area (Å²) in [6.45, 7) is -1.07. The highest BCUT2D eigenvalue weighted by Gasteiger charge is 2.21. The molecule has 2 aromatic rings. The third kappa shape index (κ3) is 6.67. The number of esters is 1. The molecule has 0 radical (unpaired) electrons. The molecular formula is C20H22ClN3O7S. The zero-order valence-electron chi connectivity index (χ0n) is 17.5. The second-order valence-corrected chi connectivity index (χ2v) is 9.08. The molecule has 2 rings (SSSR count). The third-order valence-corrected chi connectivity index (χ3v) is 6.38. The number of methoxy groups -OCH3 is 1. The molecule has 0 aliphatic carbocycles. The lowest BCUT2D eigenvalue weighted by atomic mass is 10.2. The molecule has 0 unspecified atom stereocenters. The number of sulfonamides is 1. The van der Waals surface area contributed by atoms with Crippen molar-refractivity contribution in [2.75, 3.05) is 39.7 Å². The van der Waals surface area contributed by atoms with Crippen molar-refractivity contribution in [3.63, 3.8) is 0 Å². The maximum absolute atomic E-state index is 12.3. The van der Waals surface area contributed by atoms with Crippen molar-refractivity contribution in [1.82, 2.24) is 9.62 Å². The maximum Gasteiger partial charge on any atom is 0.325 e. The van der Waals surface area contributed by atoms with Crippen molar-refractivity contribution in [2.45, 2.75) is 4.90 Å². The van der Waals surface area contributed by atoms with Gasteiger partial charge in [-0.25, -0.2) is 12.7 Å². The SMILES string of the molecule is COc1ccc(C(=O)NCC(=O)OCC(=O)Nc2ccc(Cl)c(S(=O)(=O)N(C)C)c2)cc1. The Morgan fingerprint density at radius 2 is 1.72 bits per heavy atom. The van der Waals surface area contributed by atoms with Crippen LogP contribution >= 0.6 is 11.6 Å². The van der Waals surface area contributed by atoms with Gasteiger partial charge < -0.3 is 20.1 Å². The lowest BCUT2D eigenvalue weighted by molar-refractivity contribution is -0.146. The number of halogens is 1. The Kier molecular flexibility index (Phi) is 8.58. The minimum atomic E-state index is -3.82. The van der Waals surface area contributed by atoms with Crippen LogP contribution in [-0.2, 0) is 24.3 Å². The van der Waals surface area contributed by atoms with E-state index in [9.17, 15) is 22.8 Å². The Morgan fingerprint density at radius 3 is 2.31 bits per heavy atom. The summed E-state index contributed by atoms with van der Waals surface area (Å²) < 4.78 is 35.4. The molecule has 0 aliphatic heterocycles. The highest BCUT2D eigenvalue weighted by molar-refractivity contribution is 7.89. The van der Waals surface area contributed by atoms with Gasteiger partial charge in [0.15, 0.2) is 6.61 Å². The standard InChI is InChI=1S/C20H22ClN3O7S/c1-24(2)32(28,29)17-10-14(6-9-16(17)21)23-18(25)12-31-19(26)11-22-20(27)13-4-7-15(30-3)8-5-13/h4-10H,11-12H2,1-3H3,(H,22,27)(H,23,25). The molecule has 32 heavy (non-hydrogen) atoms. The number of anilines is 1. The number of rotatable bonds is 9. The van der Waals surface area contributed by atoms with Crippen LogP contribution in [0.5, 0.6) is 5.75 Å². The van der Waals surface area contributed by atoms with Gasteiger partial charge in [0.1, 0.15) is 17.2 Å². The molecule has 10 nitrogen and oxygen atoms in total. The number of carbonyl (C=O) groups excluding carboxylic acids is 3. The van der Waals surface area contributed by atoms with E-state index < -0.39 is 41.0 Å². The van der Waals surface area contributed by atoms with E-state index in [0.29, 0.717) is 11.3 Å². The average Bonchev–Trinajstić information content (AvgIpc) is 2.77. The van der Waals surface area contributed by atoms with Crippen LogP contribution in [0.1, 0.15) is 10.4 Å². The predicted molar refractivity (Wildman–Crippen MR) is 117 cm³/mol. The summed E-state index contributed by atoms with van der Waals surface area (Å²) in [7, 11) is 0.384. The monoisotopic (exact) mass is 483 g/mol. The summed E-state index contributed by atoms with van der Waals surface area (Å²) in [5, 5.41) is 4.80. The van der Waals surface area contributed by atoms with Gasteiger partial charge in [0.2, 0.25) is 10.0 Å². The summed E-state index contributed by atoms with van der Waals surface area (Å²) in [6, 6.07) is 10.2. The molecule has 2 amide bonds. The van der Waals surface area contributed by atoms with Gasteiger partial charge in [-0.05, 0) is 42.5 Å². The van der Waals surface area contributed by atoms with Gasteiger partial charge >= 0.3 is 5.97 Å². The largest absolute Gasteiger partial charge is 0.497 e. The van der Waals surface area contributed by atoms with Gasteiger partial charge in [-0.2, -0.15) is 0 Å². The lowest BCUT2D eigenvalue weighted by Gasteiger charge is -2.14. The molecule has 0 saturated heterocycles. The van der Waals surface area contributed by atoms with E-state index in [2.05, 4.69) is 10.6 Å². The molecule has 0 aromatic heterocycles. The fourth-order valence-corrected chi connectivity index (χ4v) is 3.76. The minimum absolute atomic E-state index is 0.00396. The van der Waals surface area contributed by atoms with Gasteiger partial charge in [-0.3, -0.25) is 14.4 Å². The second kappa shape index (κ2) is 10.9. The summed E-state index contributed by atoms with van der Waals surface area (Å²) in [5.41, 5.74) is 0.478. The molecule has 2 aromatic carbocycles. The quantitative estimate of drug-likeness (QED) is 0.517. The highest BCUT2D eigenvalue weighted by atomic mass is 35.5. The summed E-state index contributed by atoms with van der Waals surface area (Å²) in [4.78, 5) is 35.7. The van der Waals surface area contributed by atoms with Crippen LogP contribution < -0.4 is 15.4 Å². The van der Waals surface area contributed by atoms with Crippen molar-refractivity contribution in [3.8, 4) is 5.75 Å². The van der Waals surface area contributed by atoms with Crippen LogP contribution in [0.4, 0.5) is 5.69 Å². The maximum atomic E-state index is 12.3. The topological polar surface area (TPSA) is 131 Å². The number of carbonyl (C=O) groups is 3. The van der Waals surface area contributed by atoms with Crippen LogP contribution in [0.2, 0.25) is 5.02 Å². The first-order valence-electron chi connectivity index (χ1n) is 9.14. The molecule has 0 fully saturated rings.